The van der Waals surface area contributed by atoms with Gasteiger partial charge in [0, 0.05) is 23.7 Å². The summed E-state index contributed by atoms with van der Waals surface area (Å²) >= 11 is 0. The Morgan fingerprint density at radius 3 is 2.38 bits per heavy atom. The van der Waals surface area contributed by atoms with Gasteiger partial charge in [-0.1, -0.05) is 30.3 Å². The largest absolute Gasteiger partial charge is 0.394 e. The van der Waals surface area contributed by atoms with Crippen molar-refractivity contribution in [2.75, 3.05) is 17.2 Å². The van der Waals surface area contributed by atoms with Crippen molar-refractivity contribution in [3.63, 3.8) is 0 Å². The Morgan fingerprint density at radius 1 is 1.05 bits per heavy atom. The molecule has 0 bridgehead atoms. The second-order valence-corrected chi connectivity index (χ2v) is 5.36. The first kappa shape index (κ1) is 15.3. The highest BCUT2D eigenvalue weighted by Gasteiger charge is 2.09. The lowest BCUT2D eigenvalue weighted by Gasteiger charge is -2.15. The Balaban J connectivity index is 2.37. The van der Waals surface area contributed by atoms with Gasteiger partial charge >= 0.3 is 0 Å². The molecule has 0 saturated heterocycles. The lowest BCUT2D eigenvalue weighted by molar-refractivity contribution is 0.281. The van der Waals surface area contributed by atoms with Crippen LogP contribution in [0.5, 0.6) is 0 Å². The molecule has 1 atom stereocenters. The van der Waals surface area contributed by atoms with E-state index in [9.17, 15) is 0 Å². The molecule has 1 heterocycles. The van der Waals surface area contributed by atoms with Gasteiger partial charge in [-0.3, -0.25) is 0 Å². The van der Waals surface area contributed by atoms with Gasteiger partial charge < -0.3 is 15.7 Å². The normalized spacial score (nSPS) is 12.2. The van der Waals surface area contributed by atoms with E-state index in [-0.39, 0.29) is 18.7 Å². The molecule has 5 heteroatoms. The van der Waals surface area contributed by atoms with Crippen LogP contribution in [-0.2, 0) is 0 Å². The van der Waals surface area contributed by atoms with Crippen molar-refractivity contribution in [3.8, 4) is 11.3 Å². The van der Waals surface area contributed by atoms with Crippen molar-refractivity contribution in [2.24, 2.45) is 0 Å². The fourth-order valence-electron chi connectivity index (χ4n) is 1.90. The maximum Gasteiger partial charge on any atom is 0.225 e. The van der Waals surface area contributed by atoms with Gasteiger partial charge in [-0.05, 0) is 20.8 Å². The lowest BCUT2D eigenvalue weighted by atomic mass is 10.1. The summed E-state index contributed by atoms with van der Waals surface area (Å²) in [6, 6.07) is 12.1. The molecule has 3 N–H and O–H groups in total. The summed E-state index contributed by atoms with van der Waals surface area (Å²) in [7, 11) is 0. The van der Waals surface area contributed by atoms with Crippen molar-refractivity contribution in [1.82, 2.24) is 9.97 Å². The SMILES string of the molecule is CC(C)Nc1cc(-c2ccccc2)nc(N[C@@H](C)CO)n1. The third kappa shape index (κ3) is 4.43. The number of rotatable bonds is 6. The number of anilines is 2. The number of aromatic nitrogens is 2. The number of nitrogens with zero attached hydrogens (tertiary/aromatic N) is 2. The van der Waals surface area contributed by atoms with E-state index in [1.165, 1.54) is 0 Å². The Hall–Kier alpha value is -2.14. The minimum atomic E-state index is -0.0945. The number of hydrogen-bond donors (Lipinski definition) is 3. The summed E-state index contributed by atoms with van der Waals surface area (Å²) in [5, 5.41) is 15.6. The Morgan fingerprint density at radius 2 is 1.76 bits per heavy atom. The standard InChI is InChI=1S/C16H22N4O/c1-11(2)17-15-9-14(13-7-5-4-6-8-13)19-16(20-15)18-12(3)10-21/h4-9,11-12,21H,10H2,1-3H3,(H2,17,18,19,20)/t12-/m0/s1. The molecule has 1 aromatic heterocycles. The minimum absolute atomic E-state index is 0.0336. The monoisotopic (exact) mass is 286 g/mol. The molecule has 0 aliphatic rings. The van der Waals surface area contributed by atoms with Crippen LogP contribution in [0, 0.1) is 0 Å². The molecule has 0 aliphatic heterocycles. The molecule has 0 spiro atoms. The maximum absolute atomic E-state index is 9.16. The zero-order valence-corrected chi connectivity index (χ0v) is 12.7. The van der Waals surface area contributed by atoms with Crippen molar-refractivity contribution in [1.29, 1.82) is 0 Å². The number of aliphatic hydroxyl groups excluding tert-OH is 1. The lowest BCUT2D eigenvalue weighted by Crippen LogP contribution is -2.21. The zero-order chi connectivity index (χ0) is 15.2. The average Bonchev–Trinajstić information content (AvgIpc) is 2.47. The molecule has 112 valence electrons. The molecule has 0 amide bonds. The molecule has 0 saturated carbocycles. The van der Waals surface area contributed by atoms with E-state index in [2.05, 4.69) is 34.4 Å². The average molecular weight is 286 g/mol. The zero-order valence-electron chi connectivity index (χ0n) is 12.7. The van der Waals surface area contributed by atoms with E-state index in [1.807, 2.05) is 43.3 Å². The van der Waals surface area contributed by atoms with Gasteiger partial charge in [0.2, 0.25) is 5.95 Å². The minimum Gasteiger partial charge on any atom is -0.394 e. The summed E-state index contributed by atoms with van der Waals surface area (Å²) in [4.78, 5) is 8.97. The van der Waals surface area contributed by atoms with E-state index in [4.69, 9.17) is 5.11 Å². The second-order valence-electron chi connectivity index (χ2n) is 5.36. The first-order valence-corrected chi connectivity index (χ1v) is 7.17. The van der Waals surface area contributed by atoms with Crippen LogP contribution in [0.1, 0.15) is 20.8 Å². The maximum atomic E-state index is 9.16. The molecule has 2 aromatic rings. The van der Waals surface area contributed by atoms with E-state index in [1.54, 1.807) is 0 Å². The van der Waals surface area contributed by atoms with Crippen LogP contribution in [-0.4, -0.2) is 33.8 Å². The van der Waals surface area contributed by atoms with E-state index >= 15 is 0 Å². The quantitative estimate of drug-likeness (QED) is 0.761. The van der Waals surface area contributed by atoms with Gasteiger partial charge in [-0.25, -0.2) is 4.98 Å². The van der Waals surface area contributed by atoms with Crippen LogP contribution in [0.3, 0.4) is 0 Å². The van der Waals surface area contributed by atoms with E-state index in [0.29, 0.717) is 5.95 Å². The third-order valence-corrected chi connectivity index (χ3v) is 2.88. The number of aliphatic hydroxyl groups is 1. The molecule has 1 aromatic carbocycles. The van der Waals surface area contributed by atoms with Gasteiger partial charge in [0.25, 0.3) is 0 Å². The Labute approximate surface area is 125 Å². The van der Waals surface area contributed by atoms with Crippen LogP contribution in [0.2, 0.25) is 0 Å². The van der Waals surface area contributed by atoms with Gasteiger partial charge in [0.15, 0.2) is 0 Å². The van der Waals surface area contributed by atoms with Crippen molar-refractivity contribution in [3.05, 3.63) is 36.4 Å². The highest BCUT2D eigenvalue weighted by molar-refractivity contribution is 5.64. The molecule has 5 nitrogen and oxygen atoms in total. The van der Waals surface area contributed by atoms with Gasteiger partial charge in [0.1, 0.15) is 5.82 Å². The number of nitrogens with one attached hydrogen (secondary N) is 2. The van der Waals surface area contributed by atoms with Gasteiger partial charge in [0.05, 0.1) is 12.3 Å². The molecule has 2 rings (SSSR count). The molecule has 0 fully saturated rings. The van der Waals surface area contributed by atoms with E-state index in [0.717, 1.165) is 17.1 Å². The Bertz CT molecular complexity index is 572. The predicted octanol–water partition coefficient (Wildman–Crippen LogP) is 2.76. The first-order valence-electron chi connectivity index (χ1n) is 7.17. The van der Waals surface area contributed by atoms with Gasteiger partial charge in [-0.2, -0.15) is 4.98 Å². The molecular formula is C16H22N4O. The smallest absolute Gasteiger partial charge is 0.225 e. The van der Waals surface area contributed by atoms with Crippen LogP contribution in [0.25, 0.3) is 11.3 Å². The van der Waals surface area contributed by atoms with Crippen LogP contribution in [0.15, 0.2) is 36.4 Å². The topological polar surface area (TPSA) is 70.1 Å². The van der Waals surface area contributed by atoms with Gasteiger partial charge in [-0.15, -0.1) is 0 Å². The van der Waals surface area contributed by atoms with Crippen LogP contribution in [0.4, 0.5) is 11.8 Å². The van der Waals surface area contributed by atoms with Crippen molar-refractivity contribution < 1.29 is 5.11 Å². The summed E-state index contributed by atoms with van der Waals surface area (Å²) in [5.74, 6) is 1.28. The summed E-state index contributed by atoms with van der Waals surface area (Å²) < 4.78 is 0. The summed E-state index contributed by atoms with van der Waals surface area (Å²) in [6.07, 6.45) is 0. The Kier molecular flexibility index (Phi) is 5.11. The first-order chi connectivity index (χ1) is 10.1. The van der Waals surface area contributed by atoms with Crippen molar-refractivity contribution >= 4 is 11.8 Å². The highest BCUT2D eigenvalue weighted by Crippen LogP contribution is 2.21. The fraction of sp³-hybridized carbons (Fsp3) is 0.375. The molecular weight excluding hydrogens is 264 g/mol. The summed E-state index contributed by atoms with van der Waals surface area (Å²) in [5.41, 5.74) is 1.88. The predicted molar refractivity (Wildman–Crippen MR) is 86.4 cm³/mol. The molecule has 0 aliphatic carbocycles. The summed E-state index contributed by atoms with van der Waals surface area (Å²) in [6.45, 7) is 6.04. The fourth-order valence-corrected chi connectivity index (χ4v) is 1.90. The molecule has 0 unspecified atom stereocenters. The van der Waals surface area contributed by atoms with Crippen LogP contribution >= 0.6 is 0 Å². The van der Waals surface area contributed by atoms with E-state index < -0.39 is 0 Å². The molecule has 0 radical (unpaired) electrons. The number of benzene rings is 1. The highest BCUT2D eigenvalue weighted by atomic mass is 16.3. The van der Waals surface area contributed by atoms with Crippen LogP contribution < -0.4 is 10.6 Å². The second kappa shape index (κ2) is 7.04. The van der Waals surface area contributed by atoms with Crippen molar-refractivity contribution in [2.45, 2.75) is 32.9 Å². The third-order valence-electron chi connectivity index (χ3n) is 2.88. The number of hydrogen-bond acceptors (Lipinski definition) is 5. The molecule has 21 heavy (non-hydrogen) atoms.